The van der Waals surface area contributed by atoms with E-state index in [2.05, 4.69) is 57.9 Å². The molecular formula is C22H21N3OS3. The molecule has 0 saturated heterocycles. The Labute approximate surface area is 182 Å². The molecule has 0 aliphatic rings. The van der Waals surface area contributed by atoms with Crippen LogP contribution in [-0.2, 0) is 17.6 Å². The number of nitrogens with zero attached hydrogens (tertiary/aromatic N) is 2. The minimum Gasteiger partial charge on any atom is -0.355 e. The zero-order valence-electron chi connectivity index (χ0n) is 16.3. The third-order valence-electron chi connectivity index (χ3n) is 4.39. The quantitative estimate of drug-likeness (QED) is 0.413. The Morgan fingerprint density at radius 3 is 2.76 bits per heavy atom. The molecule has 1 N–H and O–H groups in total. The lowest BCUT2D eigenvalue weighted by atomic mass is 10.1. The number of nitrogens with one attached hydrogen (secondary N) is 1. The second-order valence-electron chi connectivity index (χ2n) is 6.81. The lowest BCUT2D eigenvalue weighted by molar-refractivity contribution is -0.120. The molecule has 0 spiro atoms. The maximum Gasteiger partial charge on any atom is 0.226 e. The molecule has 0 fully saturated rings. The molecule has 1 aromatic carbocycles. The Morgan fingerprint density at radius 1 is 1.07 bits per heavy atom. The van der Waals surface area contributed by atoms with Crippen LogP contribution in [0.3, 0.4) is 0 Å². The summed E-state index contributed by atoms with van der Waals surface area (Å²) in [6.45, 7) is 4.72. The summed E-state index contributed by atoms with van der Waals surface area (Å²) in [5, 5.41) is 9.11. The van der Waals surface area contributed by atoms with Gasteiger partial charge in [-0.3, -0.25) is 4.79 Å². The van der Waals surface area contributed by atoms with Gasteiger partial charge in [-0.25, -0.2) is 9.97 Å². The van der Waals surface area contributed by atoms with Crippen LogP contribution in [0.5, 0.6) is 0 Å². The number of hydrogen-bond donors (Lipinski definition) is 1. The third-order valence-corrected chi connectivity index (χ3v) is 7.27. The van der Waals surface area contributed by atoms with Crippen molar-refractivity contribution < 1.29 is 4.79 Å². The van der Waals surface area contributed by atoms with Crippen molar-refractivity contribution in [2.75, 3.05) is 6.54 Å². The number of thiazole rings is 2. The van der Waals surface area contributed by atoms with Crippen LogP contribution in [0.15, 0.2) is 47.2 Å². The average molecular weight is 440 g/mol. The van der Waals surface area contributed by atoms with Gasteiger partial charge in [0, 0.05) is 27.7 Å². The molecule has 148 valence electrons. The molecule has 0 unspecified atom stereocenters. The van der Waals surface area contributed by atoms with E-state index in [1.54, 1.807) is 34.0 Å². The molecule has 0 saturated carbocycles. The van der Waals surface area contributed by atoms with Crippen LogP contribution in [0.25, 0.3) is 21.1 Å². The minimum absolute atomic E-state index is 0.0120. The standard InChI is InChI=1S/C22H21N3OS3/c1-14-4-3-5-16(10-14)22-25-17(12-28-22)11-21(26)23-9-8-18-6-7-20(29-18)19-13-27-15(2)24-19/h3-7,10,12-13H,8-9,11H2,1-2H3,(H,23,26). The van der Waals surface area contributed by atoms with Crippen LogP contribution in [0.1, 0.15) is 21.1 Å². The number of thiophene rings is 1. The monoisotopic (exact) mass is 439 g/mol. The number of carbonyl (C=O) groups is 1. The largest absolute Gasteiger partial charge is 0.355 e. The van der Waals surface area contributed by atoms with Crippen molar-refractivity contribution in [1.82, 2.24) is 15.3 Å². The number of aryl methyl sites for hydroxylation is 2. The Bertz CT molecular complexity index is 1130. The van der Waals surface area contributed by atoms with Crippen LogP contribution in [-0.4, -0.2) is 22.4 Å². The first kappa shape index (κ1) is 19.9. The summed E-state index contributed by atoms with van der Waals surface area (Å²) in [4.78, 5) is 23.9. The predicted octanol–water partition coefficient (Wildman–Crippen LogP) is 5.51. The van der Waals surface area contributed by atoms with Gasteiger partial charge >= 0.3 is 0 Å². The van der Waals surface area contributed by atoms with Gasteiger partial charge in [-0.2, -0.15) is 0 Å². The highest BCUT2D eigenvalue weighted by atomic mass is 32.1. The summed E-state index contributed by atoms with van der Waals surface area (Å²) in [7, 11) is 0. The topological polar surface area (TPSA) is 54.9 Å². The number of aromatic nitrogens is 2. The average Bonchev–Trinajstić information content (AvgIpc) is 3.43. The van der Waals surface area contributed by atoms with E-state index in [1.807, 2.05) is 18.4 Å². The van der Waals surface area contributed by atoms with Gasteiger partial charge in [0.25, 0.3) is 0 Å². The SMILES string of the molecule is Cc1cccc(-c2nc(CC(=O)NCCc3ccc(-c4csc(C)n4)s3)cs2)c1. The molecule has 0 radical (unpaired) electrons. The van der Waals surface area contributed by atoms with Crippen LogP contribution >= 0.6 is 34.0 Å². The number of hydrogen-bond acceptors (Lipinski definition) is 6. The van der Waals surface area contributed by atoms with Gasteiger partial charge in [0.1, 0.15) is 5.01 Å². The molecule has 7 heteroatoms. The molecule has 1 amide bonds. The maximum atomic E-state index is 12.3. The van der Waals surface area contributed by atoms with E-state index < -0.39 is 0 Å². The van der Waals surface area contributed by atoms with Crippen molar-refractivity contribution in [3.63, 3.8) is 0 Å². The van der Waals surface area contributed by atoms with Crippen molar-refractivity contribution >= 4 is 39.9 Å². The predicted molar refractivity (Wildman–Crippen MR) is 123 cm³/mol. The highest BCUT2D eigenvalue weighted by molar-refractivity contribution is 7.16. The van der Waals surface area contributed by atoms with Crippen molar-refractivity contribution in [3.05, 3.63) is 68.3 Å². The molecule has 4 rings (SSSR count). The summed E-state index contributed by atoms with van der Waals surface area (Å²) in [5.41, 5.74) is 4.17. The Kier molecular flexibility index (Phi) is 6.18. The maximum absolute atomic E-state index is 12.3. The van der Waals surface area contributed by atoms with Gasteiger partial charge in [-0.15, -0.1) is 34.0 Å². The van der Waals surface area contributed by atoms with Crippen molar-refractivity contribution in [1.29, 1.82) is 0 Å². The van der Waals surface area contributed by atoms with E-state index in [1.165, 1.54) is 15.3 Å². The van der Waals surface area contributed by atoms with Crippen LogP contribution in [0, 0.1) is 13.8 Å². The number of rotatable bonds is 7. The molecule has 3 heterocycles. The lowest BCUT2D eigenvalue weighted by Gasteiger charge is -2.03. The smallest absolute Gasteiger partial charge is 0.226 e. The highest BCUT2D eigenvalue weighted by Crippen LogP contribution is 2.29. The normalized spacial score (nSPS) is 11.0. The summed E-state index contributed by atoms with van der Waals surface area (Å²) < 4.78 is 0. The number of benzene rings is 1. The van der Waals surface area contributed by atoms with Crippen molar-refractivity contribution in [2.24, 2.45) is 0 Å². The zero-order valence-corrected chi connectivity index (χ0v) is 18.7. The second kappa shape index (κ2) is 8.98. The van der Waals surface area contributed by atoms with Gasteiger partial charge in [0.2, 0.25) is 5.91 Å². The minimum atomic E-state index is 0.0120. The van der Waals surface area contributed by atoms with Crippen molar-refractivity contribution in [2.45, 2.75) is 26.7 Å². The Balaban J connectivity index is 1.27. The first-order valence-corrected chi connectivity index (χ1v) is 11.9. The first-order valence-electron chi connectivity index (χ1n) is 9.36. The van der Waals surface area contributed by atoms with Crippen LogP contribution in [0.2, 0.25) is 0 Å². The molecule has 0 bridgehead atoms. The fourth-order valence-electron chi connectivity index (χ4n) is 2.98. The summed E-state index contributed by atoms with van der Waals surface area (Å²) in [5.74, 6) is 0.0120. The van der Waals surface area contributed by atoms with Gasteiger partial charge in [-0.1, -0.05) is 23.8 Å². The molecule has 0 aliphatic carbocycles. The zero-order chi connectivity index (χ0) is 20.2. The van der Waals surface area contributed by atoms with Crippen LogP contribution < -0.4 is 5.32 Å². The molecule has 4 nitrogen and oxygen atoms in total. The number of carbonyl (C=O) groups excluding carboxylic acids is 1. The van der Waals surface area contributed by atoms with Gasteiger partial charge in [0.05, 0.1) is 27.7 Å². The Hall–Kier alpha value is -2.35. The molecule has 0 atom stereocenters. The van der Waals surface area contributed by atoms with E-state index in [9.17, 15) is 4.79 Å². The number of amides is 1. The molecule has 0 aliphatic heterocycles. The summed E-state index contributed by atoms with van der Waals surface area (Å²) in [6, 6.07) is 12.5. The fourth-order valence-corrected chi connectivity index (χ4v) is 5.45. The lowest BCUT2D eigenvalue weighted by Crippen LogP contribution is -2.27. The van der Waals surface area contributed by atoms with E-state index in [4.69, 9.17) is 0 Å². The summed E-state index contributed by atoms with van der Waals surface area (Å²) in [6.07, 6.45) is 1.14. The molecule has 4 aromatic rings. The fraction of sp³-hybridized carbons (Fsp3) is 0.227. The van der Waals surface area contributed by atoms with Gasteiger partial charge in [-0.05, 0) is 38.5 Å². The third kappa shape index (κ3) is 5.18. The molecular weight excluding hydrogens is 418 g/mol. The van der Waals surface area contributed by atoms with Gasteiger partial charge < -0.3 is 5.32 Å². The van der Waals surface area contributed by atoms with Crippen LogP contribution in [0.4, 0.5) is 0 Å². The van der Waals surface area contributed by atoms with E-state index in [0.717, 1.165) is 33.4 Å². The first-order chi connectivity index (χ1) is 14.1. The summed E-state index contributed by atoms with van der Waals surface area (Å²) >= 11 is 4.99. The molecule has 3 aromatic heterocycles. The van der Waals surface area contributed by atoms with E-state index >= 15 is 0 Å². The molecule has 29 heavy (non-hydrogen) atoms. The highest BCUT2D eigenvalue weighted by Gasteiger charge is 2.10. The Morgan fingerprint density at radius 2 is 1.97 bits per heavy atom. The van der Waals surface area contributed by atoms with E-state index in [0.29, 0.717) is 13.0 Å². The second-order valence-corrected chi connectivity index (χ2v) is 9.90. The van der Waals surface area contributed by atoms with Crippen molar-refractivity contribution in [3.8, 4) is 21.1 Å². The van der Waals surface area contributed by atoms with Gasteiger partial charge in [0.15, 0.2) is 0 Å². The van der Waals surface area contributed by atoms with E-state index in [-0.39, 0.29) is 5.91 Å².